The fraction of sp³-hybridized carbons (Fsp3) is 0.833. The molecule has 152 valence electrons. The summed E-state index contributed by atoms with van der Waals surface area (Å²) < 4.78 is 0. The van der Waals surface area contributed by atoms with E-state index in [-0.39, 0.29) is 11.8 Å². The Kier molecular flexibility index (Phi) is 11.8. The van der Waals surface area contributed by atoms with Crippen LogP contribution in [0.1, 0.15) is 59.8 Å². The number of unbranched alkanes of at least 4 members (excludes halogenated alkanes) is 1. The number of aliphatic carboxylic acids is 1. The molecule has 8 nitrogen and oxygen atoms in total. The quantitative estimate of drug-likeness (QED) is 0.299. The number of rotatable bonds is 13. The molecule has 0 saturated carbocycles. The number of amides is 2. The van der Waals surface area contributed by atoms with E-state index in [1.165, 1.54) is 0 Å². The van der Waals surface area contributed by atoms with Crippen LogP contribution in [0.3, 0.4) is 0 Å². The normalized spacial score (nSPS) is 15.8. The first-order chi connectivity index (χ1) is 12.1. The highest BCUT2D eigenvalue weighted by Gasteiger charge is 2.29. The van der Waals surface area contributed by atoms with Crippen LogP contribution in [0.15, 0.2) is 0 Å². The second-order valence-electron chi connectivity index (χ2n) is 7.29. The van der Waals surface area contributed by atoms with Crippen LogP contribution >= 0.6 is 0 Å². The first kappa shape index (κ1) is 24.3. The summed E-state index contributed by atoms with van der Waals surface area (Å²) in [7, 11) is 0. The molecule has 0 aromatic heterocycles. The molecule has 2 amide bonds. The second kappa shape index (κ2) is 12.6. The maximum atomic E-state index is 12.6. The molecule has 0 rings (SSSR count). The Hall–Kier alpha value is -1.67. The number of carbonyl (C=O) groups is 3. The van der Waals surface area contributed by atoms with Crippen molar-refractivity contribution < 1.29 is 19.5 Å². The highest BCUT2D eigenvalue weighted by atomic mass is 16.4. The average Bonchev–Trinajstić information content (AvgIpc) is 2.58. The molecule has 8 heteroatoms. The van der Waals surface area contributed by atoms with Gasteiger partial charge in [0, 0.05) is 0 Å². The number of nitrogens with two attached hydrogens (primary N) is 2. The van der Waals surface area contributed by atoms with Gasteiger partial charge in [0.05, 0.1) is 6.04 Å². The fourth-order valence-corrected chi connectivity index (χ4v) is 2.51. The summed E-state index contributed by atoms with van der Waals surface area (Å²) in [6.07, 6.45) is 2.74. The van der Waals surface area contributed by atoms with Gasteiger partial charge in [0.1, 0.15) is 12.1 Å². The van der Waals surface area contributed by atoms with Crippen LogP contribution in [0.2, 0.25) is 0 Å². The zero-order valence-corrected chi connectivity index (χ0v) is 16.5. The van der Waals surface area contributed by atoms with E-state index < -0.39 is 35.9 Å². The molecule has 0 heterocycles. The number of carbonyl (C=O) groups excluding carboxylic acids is 2. The van der Waals surface area contributed by atoms with Gasteiger partial charge in [-0.25, -0.2) is 4.79 Å². The Labute approximate surface area is 156 Å². The molecule has 0 aromatic rings. The maximum Gasteiger partial charge on any atom is 0.326 e. The van der Waals surface area contributed by atoms with Gasteiger partial charge in [-0.2, -0.15) is 0 Å². The predicted octanol–water partition coefficient (Wildman–Crippen LogP) is 0.589. The predicted molar refractivity (Wildman–Crippen MR) is 101 cm³/mol. The van der Waals surface area contributed by atoms with Crippen molar-refractivity contribution in [1.29, 1.82) is 0 Å². The van der Waals surface area contributed by atoms with E-state index in [2.05, 4.69) is 10.6 Å². The minimum atomic E-state index is -1.10. The molecule has 0 spiro atoms. The smallest absolute Gasteiger partial charge is 0.326 e. The van der Waals surface area contributed by atoms with E-state index in [0.717, 1.165) is 6.42 Å². The molecule has 0 aliphatic carbocycles. The lowest BCUT2D eigenvalue weighted by molar-refractivity contribution is -0.142. The topological polar surface area (TPSA) is 148 Å². The highest BCUT2D eigenvalue weighted by Crippen LogP contribution is 2.10. The van der Waals surface area contributed by atoms with Crippen molar-refractivity contribution in [2.45, 2.75) is 77.9 Å². The van der Waals surface area contributed by atoms with E-state index in [0.29, 0.717) is 32.2 Å². The first-order valence-electron chi connectivity index (χ1n) is 9.43. The van der Waals surface area contributed by atoms with Crippen molar-refractivity contribution in [3.8, 4) is 0 Å². The van der Waals surface area contributed by atoms with E-state index in [4.69, 9.17) is 11.5 Å². The van der Waals surface area contributed by atoms with Gasteiger partial charge in [-0.1, -0.05) is 34.1 Å². The minimum absolute atomic E-state index is 0.0132. The van der Waals surface area contributed by atoms with Gasteiger partial charge in [0.2, 0.25) is 11.8 Å². The maximum absolute atomic E-state index is 12.6. The molecule has 0 fully saturated rings. The minimum Gasteiger partial charge on any atom is -0.480 e. The molecule has 0 bridgehead atoms. The Bertz CT molecular complexity index is 456. The lowest BCUT2D eigenvalue weighted by Crippen LogP contribution is -2.55. The van der Waals surface area contributed by atoms with Crippen LogP contribution < -0.4 is 22.1 Å². The van der Waals surface area contributed by atoms with Crippen LogP contribution in [-0.4, -0.2) is 47.6 Å². The van der Waals surface area contributed by atoms with Crippen LogP contribution in [-0.2, 0) is 14.4 Å². The summed E-state index contributed by atoms with van der Waals surface area (Å²) in [5.41, 5.74) is 11.4. The molecule has 0 radical (unpaired) electrons. The molecule has 4 atom stereocenters. The molecule has 0 aromatic carbocycles. The van der Waals surface area contributed by atoms with Gasteiger partial charge >= 0.3 is 5.97 Å². The van der Waals surface area contributed by atoms with Gasteiger partial charge in [-0.05, 0) is 44.1 Å². The molecule has 4 unspecified atom stereocenters. The molecule has 7 N–H and O–H groups in total. The van der Waals surface area contributed by atoms with E-state index >= 15 is 0 Å². The number of hydrogen-bond acceptors (Lipinski definition) is 5. The Balaban J connectivity index is 5.00. The van der Waals surface area contributed by atoms with Crippen molar-refractivity contribution >= 4 is 17.8 Å². The van der Waals surface area contributed by atoms with Gasteiger partial charge in [0.25, 0.3) is 0 Å². The summed E-state index contributed by atoms with van der Waals surface area (Å²) in [4.78, 5) is 36.3. The average molecular weight is 373 g/mol. The van der Waals surface area contributed by atoms with E-state index in [1.807, 2.05) is 27.7 Å². The molecule has 0 aliphatic heterocycles. The van der Waals surface area contributed by atoms with Gasteiger partial charge in [-0.15, -0.1) is 0 Å². The molecule has 0 aliphatic rings. The standard InChI is InChI=1S/C18H36N4O4/c1-5-12(4)15(20)17(24)22-14(10-11(2)3)16(23)21-13(18(25)26)8-6-7-9-19/h11-15H,5-10,19-20H2,1-4H3,(H,21,23)(H,22,24)(H,25,26). The van der Waals surface area contributed by atoms with E-state index in [9.17, 15) is 19.5 Å². The SMILES string of the molecule is CCC(C)C(N)C(=O)NC(CC(C)C)C(=O)NC(CCCCN)C(=O)O. The number of carboxylic acids is 1. The van der Waals surface area contributed by atoms with Crippen LogP contribution in [0.4, 0.5) is 0 Å². The van der Waals surface area contributed by atoms with Crippen molar-refractivity contribution in [3.63, 3.8) is 0 Å². The van der Waals surface area contributed by atoms with Crippen LogP contribution in [0.5, 0.6) is 0 Å². The third-order valence-corrected chi connectivity index (χ3v) is 4.46. The molecular formula is C18H36N4O4. The highest BCUT2D eigenvalue weighted by molar-refractivity contribution is 5.91. The van der Waals surface area contributed by atoms with Crippen molar-refractivity contribution in [3.05, 3.63) is 0 Å². The van der Waals surface area contributed by atoms with Crippen molar-refractivity contribution in [1.82, 2.24) is 10.6 Å². The van der Waals surface area contributed by atoms with Gasteiger partial charge in [0.15, 0.2) is 0 Å². The van der Waals surface area contributed by atoms with Crippen LogP contribution in [0.25, 0.3) is 0 Å². The van der Waals surface area contributed by atoms with Crippen LogP contribution in [0, 0.1) is 11.8 Å². The largest absolute Gasteiger partial charge is 0.480 e. The summed E-state index contributed by atoms with van der Waals surface area (Å²) in [5.74, 6) is -1.85. The summed E-state index contributed by atoms with van der Waals surface area (Å²) in [6.45, 7) is 8.14. The molecular weight excluding hydrogens is 336 g/mol. The number of hydrogen-bond donors (Lipinski definition) is 5. The monoisotopic (exact) mass is 372 g/mol. The Morgan fingerprint density at radius 3 is 2.04 bits per heavy atom. The van der Waals surface area contributed by atoms with Crippen molar-refractivity contribution in [2.24, 2.45) is 23.3 Å². The Morgan fingerprint density at radius 1 is 1.00 bits per heavy atom. The summed E-state index contributed by atoms with van der Waals surface area (Å²) >= 11 is 0. The molecule has 26 heavy (non-hydrogen) atoms. The third kappa shape index (κ3) is 9.15. The third-order valence-electron chi connectivity index (χ3n) is 4.46. The summed E-state index contributed by atoms with van der Waals surface area (Å²) in [5, 5.41) is 14.5. The van der Waals surface area contributed by atoms with E-state index in [1.54, 1.807) is 0 Å². The number of carboxylic acid groups (broad SMARTS) is 1. The zero-order valence-electron chi connectivity index (χ0n) is 16.5. The summed E-state index contributed by atoms with van der Waals surface area (Å²) in [6, 6.07) is -2.51. The molecule has 0 saturated heterocycles. The zero-order chi connectivity index (χ0) is 20.3. The second-order valence-corrected chi connectivity index (χ2v) is 7.29. The fourth-order valence-electron chi connectivity index (χ4n) is 2.51. The first-order valence-corrected chi connectivity index (χ1v) is 9.43. The van der Waals surface area contributed by atoms with Crippen molar-refractivity contribution in [2.75, 3.05) is 6.54 Å². The lowest BCUT2D eigenvalue weighted by Gasteiger charge is -2.25. The van der Waals surface area contributed by atoms with Gasteiger partial charge < -0.3 is 27.2 Å². The Morgan fingerprint density at radius 2 is 1.58 bits per heavy atom. The lowest BCUT2D eigenvalue weighted by atomic mass is 9.97. The number of nitrogens with one attached hydrogen (secondary N) is 2. The van der Waals surface area contributed by atoms with Gasteiger partial charge in [-0.3, -0.25) is 9.59 Å².